The van der Waals surface area contributed by atoms with E-state index in [-0.39, 0.29) is 67.5 Å². The van der Waals surface area contributed by atoms with Gasteiger partial charge in [-0.25, -0.2) is 0 Å². The van der Waals surface area contributed by atoms with Crippen molar-refractivity contribution in [2.24, 2.45) is 0 Å². The van der Waals surface area contributed by atoms with E-state index in [1.54, 1.807) is 0 Å². The third-order valence-electron chi connectivity index (χ3n) is 3.54. The first-order chi connectivity index (χ1) is 11.6. The van der Waals surface area contributed by atoms with Gasteiger partial charge in [0.05, 0.1) is 30.1 Å². The quantitative estimate of drug-likeness (QED) is 0.256. The number of aromatic hydroxyl groups is 1. The summed E-state index contributed by atoms with van der Waals surface area (Å²) in [5, 5.41) is 10.3. The second kappa shape index (κ2) is 7.09. The molecule has 3 rings (SSSR count). The molecule has 0 aliphatic carbocycles. The van der Waals surface area contributed by atoms with Crippen molar-refractivity contribution in [3.8, 4) is 11.5 Å². The van der Waals surface area contributed by atoms with Crippen LogP contribution in [0.15, 0.2) is 0 Å². The van der Waals surface area contributed by atoms with E-state index in [0.29, 0.717) is 0 Å². The number of halogens is 9. The van der Waals surface area contributed by atoms with Gasteiger partial charge in [-0.05, 0) is 0 Å². The Morgan fingerprint density at radius 2 is 0.920 bits per heavy atom. The van der Waals surface area contributed by atoms with E-state index in [1.165, 1.54) is 0 Å². The Bertz CT molecular complexity index is 1080. The van der Waals surface area contributed by atoms with Gasteiger partial charge < -0.3 is 9.40 Å². The lowest BCUT2D eigenvalue weighted by Crippen LogP contribution is -1.92. The molecule has 25 heavy (non-hydrogen) atoms. The molecule has 0 aromatic heterocycles. The molecule has 0 spiro atoms. The smallest absolute Gasteiger partial charge is 0.175 e. The zero-order valence-corrected chi connectivity index (χ0v) is 18.1. The van der Waals surface area contributed by atoms with Gasteiger partial charge in [-0.15, -0.1) is 0 Å². The SMILES string of the molecule is Oc1c(Cl)c(Cl)c(Cl)c2c1c(Cl)c(Cl)c1c(Cl)c(Cl)c(Cl)c(OCl)c12. The van der Waals surface area contributed by atoms with Gasteiger partial charge in [0.2, 0.25) is 0 Å². The largest absolute Gasteiger partial charge is 0.506 e. The molecular weight excluding hydrogens is 519 g/mol. The maximum Gasteiger partial charge on any atom is 0.175 e. The predicted octanol–water partition coefficient (Wildman–Crippen LogP) is 9.46. The van der Waals surface area contributed by atoms with E-state index in [9.17, 15) is 5.11 Å². The Kier molecular flexibility index (Phi) is 5.71. The predicted molar refractivity (Wildman–Crippen MR) is 110 cm³/mol. The molecule has 2 nitrogen and oxygen atoms in total. The van der Waals surface area contributed by atoms with Crippen molar-refractivity contribution in [3.05, 3.63) is 40.2 Å². The molecule has 0 aliphatic heterocycles. The number of hydrogen-bond acceptors (Lipinski definition) is 2. The summed E-state index contributed by atoms with van der Waals surface area (Å²) in [4.78, 5) is 0. The standard InChI is InChI=1S/C14HCl9O2/c15-5-1-2-3(7(17)10(20)12(22)14(2)25-23)6(16)8(18)4(1)13(24)11(21)9(5)19/h24H. The van der Waals surface area contributed by atoms with Crippen LogP contribution >= 0.6 is 105 Å². The maximum absolute atomic E-state index is 10.4. The summed E-state index contributed by atoms with van der Waals surface area (Å²) in [7, 11) is 0. The third kappa shape index (κ3) is 2.77. The highest BCUT2D eigenvalue weighted by atomic mass is 35.5. The summed E-state index contributed by atoms with van der Waals surface area (Å²) in [5.74, 6) is -0.515. The molecule has 11 heteroatoms. The fraction of sp³-hybridized carbons (Fsp3) is 0. The van der Waals surface area contributed by atoms with Crippen LogP contribution in [0.1, 0.15) is 0 Å². The van der Waals surface area contributed by atoms with Crippen LogP contribution in [0, 0.1) is 0 Å². The lowest BCUT2D eigenvalue weighted by atomic mass is 9.99. The molecular formula is C14HCl9O2. The van der Waals surface area contributed by atoms with Gasteiger partial charge >= 0.3 is 0 Å². The van der Waals surface area contributed by atoms with Crippen LogP contribution in [0.3, 0.4) is 0 Å². The summed E-state index contributed by atoms with van der Waals surface area (Å²) in [6.45, 7) is 0. The van der Waals surface area contributed by atoms with E-state index in [1.807, 2.05) is 0 Å². The first kappa shape index (κ1) is 20.1. The molecule has 132 valence electrons. The Morgan fingerprint density at radius 3 is 1.48 bits per heavy atom. The number of phenolic OH excluding ortho intramolecular Hbond substituents is 1. The van der Waals surface area contributed by atoms with Crippen LogP contribution < -0.4 is 4.29 Å². The molecule has 0 heterocycles. The maximum atomic E-state index is 10.4. The van der Waals surface area contributed by atoms with Crippen LogP contribution in [0.25, 0.3) is 21.5 Å². The normalized spacial score (nSPS) is 11.6. The molecule has 0 fully saturated rings. The molecule has 3 aromatic carbocycles. The number of rotatable bonds is 1. The highest BCUT2D eigenvalue weighted by Gasteiger charge is 2.28. The van der Waals surface area contributed by atoms with Gasteiger partial charge in [-0.2, -0.15) is 0 Å². The average molecular weight is 520 g/mol. The first-order valence-corrected chi connectivity index (χ1v) is 9.43. The number of fused-ring (bicyclic) bond motifs is 3. The Hall–Kier alpha value is 0.390. The van der Waals surface area contributed by atoms with Gasteiger partial charge in [0.1, 0.15) is 27.7 Å². The second-order valence-electron chi connectivity index (χ2n) is 4.77. The fourth-order valence-corrected chi connectivity index (χ4v) is 4.72. The van der Waals surface area contributed by atoms with Crippen LogP contribution in [0.5, 0.6) is 11.5 Å². The minimum absolute atomic E-state index is 0.00503. The summed E-state index contributed by atoms with van der Waals surface area (Å²) in [5.41, 5.74) is 0. The summed E-state index contributed by atoms with van der Waals surface area (Å²) >= 11 is 55.2. The number of phenols is 1. The van der Waals surface area contributed by atoms with E-state index < -0.39 is 5.75 Å². The molecule has 1 N–H and O–H groups in total. The number of hydrogen-bond donors (Lipinski definition) is 1. The van der Waals surface area contributed by atoms with Crippen molar-refractivity contribution in [2.45, 2.75) is 0 Å². The van der Waals surface area contributed by atoms with E-state index >= 15 is 0 Å². The lowest BCUT2D eigenvalue weighted by molar-refractivity contribution is 0.482. The van der Waals surface area contributed by atoms with E-state index in [2.05, 4.69) is 0 Å². The Morgan fingerprint density at radius 1 is 0.480 bits per heavy atom. The van der Waals surface area contributed by atoms with Gasteiger partial charge in [-0.3, -0.25) is 0 Å². The first-order valence-electron chi connectivity index (χ1n) is 6.09. The van der Waals surface area contributed by atoms with Crippen molar-refractivity contribution in [1.29, 1.82) is 0 Å². The van der Waals surface area contributed by atoms with Gasteiger partial charge in [-0.1, -0.05) is 92.8 Å². The molecule has 0 amide bonds. The molecule has 0 saturated carbocycles. The van der Waals surface area contributed by atoms with Crippen molar-refractivity contribution in [3.63, 3.8) is 0 Å². The summed E-state index contributed by atoms with van der Waals surface area (Å²) in [6, 6.07) is 0. The molecule has 0 radical (unpaired) electrons. The van der Waals surface area contributed by atoms with Crippen LogP contribution in [-0.2, 0) is 0 Å². The molecule has 3 aromatic rings. The second-order valence-corrected chi connectivity index (χ2v) is 7.94. The van der Waals surface area contributed by atoms with E-state index in [0.717, 1.165) is 0 Å². The minimum atomic E-state index is -0.428. The van der Waals surface area contributed by atoms with Crippen LogP contribution in [-0.4, -0.2) is 5.11 Å². The monoisotopic (exact) mass is 516 g/mol. The van der Waals surface area contributed by atoms with Crippen LogP contribution in [0.4, 0.5) is 0 Å². The van der Waals surface area contributed by atoms with Crippen LogP contribution in [0.2, 0.25) is 40.2 Å². The van der Waals surface area contributed by atoms with Crippen molar-refractivity contribution >= 4 is 126 Å². The average Bonchev–Trinajstić information content (AvgIpc) is 2.59. The van der Waals surface area contributed by atoms with Gasteiger partial charge in [0, 0.05) is 21.5 Å². The lowest BCUT2D eigenvalue weighted by Gasteiger charge is -2.18. The molecule has 0 atom stereocenters. The van der Waals surface area contributed by atoms with Gasteiger partial charge in [0.25, 0.3) is 0 Å². The van der Waals surface area contributed by atoms with E-state index in [4.69, 9.17) is 109 Å². The molecule has 0 unspecified atom stereocenters. The zero-order valence-electron chi connectivity index (χ0n) is 11.3. The fourth-order valence-electron chi connectivity index (χ4n) is 2.47. The van der Waals surface area contributed by atoms with Crippen molar-refractivity contribution < 1.29 is 9.40 Å². The van der Waals surface area contributed by atoms with Crippen molar-refractivity contribution in [1.82, 2.24) is 0 Å². The zero-order chi connectivity index (χ0) is 18.8. The highest BCUT2D eigenvalue weighted by Crippen LogP contribution is 2.57. The third-order valence-corrected chi connectivity index (χ3v) is 7.17. The molecule has 0 saturated heterocycles. The number of benzene rings is 3. The summed E-state index contributed by atoms with van der Waals surface area (Å²) < 4.78 is 4.84. The van der Waals surface area contributed by atoms with Crippen molar-refractivity contribution in [2.75, 3.05) is 0 Å². The molecule has 0 bridgehead atoms. The van der Waals surface area contributed by atoms with Gasteiger partial charge in [0.15, 0.2) is 5.75 Å². The minimum Gasteiger partial charge on any atom is -0.506 e. The Balaban J connectivity index is 2.87. The highest BCUT2D eigenvalue weighted by molar-refractivity contribution is 6.59. The molecule has 0 aliphatic rings. The Labute approximate surface area is 186 Å². The topological polar surface area (TPSA) is 29.5 Å². The summed E-state index contributed by atoms with van der Waals surface area (Å²) in [6.07, 6.45) is 0.